The van der Waals surface area contributed by atoms with Crippen molar-refractivity contribution in [3.05, 3.63) is 29.8 Å². The van der Waals surface area contributed by atoms with Gasteiger partial charge in [0.15, 0.2) is 0 Å². The summed E-state index contributed by atoms with van der Waals surface area (Å²) in [5, 5.41) is 0. The highest BCUT2D eigenvalue weighted by Gasteiger charge is 2.29. The van der Waals surface area contributed by atoms with Crippen LogP contribution >= 0.6 is 0 Å². The number of nitrogens with zero attached hydrogens (tertiary/aromatic N) is 2. The number of nitrogens with two attached hydrogens (primary N) is 1. The lowest BCUT2D eigenvalue weighted by Gasteiger charge is -2.27. The Morgan fingerprint density at radius 2 is 2.00 bits per heavy atom. The Hall–Kier alpha value is -1.39. The molecule has 2 saturated heterocycles. The molecule has 3 rings (SSSR count). The zero-order valence-corrected chi connectivity index (χ0v) is 12.6. The molecule has 114 valence electrons. The minimum Gasteiger partial charge on any atom is -0.330 e. The van der Waals surface area contributed by atoms with Gasteiger partial charge < -0.3 is 10.6 Å². The lowest BCUT2D eigenvalue weighted by Crippen LogP contribution is -2.29. The van der Waals surface area contributed by atoms with Crippen LogP contribution in [0.1, 0.15) is 31.2 Å². The number of piperidine rings is 1. The number of carbonyl (C=O) groups excluding carboxylic acids is 1. The van der Waals surface area contributed by atoms with Crippen molar-refractivity contribution in [3.63, 3.8) is 0 Å². The zero-order valence-electron chi connectivity index (χ0n) is 12.6. The highest BCUT2D eigenvalue weighted by molar-refractivity contribution is 5.95. The van der Waals surface area contributed by atoms with E-state index in [1.54, 1.807) is 0 Å². The summed E-state index contributed by atoms with van der Waals surface area (Å²) in [6.45, 7) is 4.75. The molecule has 2 heterocycles. The van der Waals surface area contributed by atoms with Gasteiger partial charge in [0.2, 0.25) is 5.91 Å². The predicted molar refractivity (Wildman–Crippen MR) is 85.1 cm³/mol. The van der Waals surface area contributed by atoms with Crippen LogP contribution in [0.25, 0.3) is 0 Å². The van der Waals surface area contributed by atoms with Crippen LogP contribution < -0.4 is 10.6 Å². The predicted octanol–water partition coefficient (Wildman–Crippen LogP) is 1.98. The van der Waals surface area contributed by atoms with Gasteiger partial charge in [-0.2, -0.15) is 0 Å². The third-order valence-corrected chi connectivity index (χ3v) is 4.62. The summed E-state index contributed by atoms with van der Waals surface area (Å²) in [6, 6.07) is 8.44. The van der Waals surface area contributed by atoms with Crippen LogP contribution in [0.3, 0.4) is 0 Å². The van der Waals surface area contributed by atoms with Crippen molar-refractivity contribution in [3.8, 4) is 0 Å². The summed E-state index contributed by atoms with van der Waals surface area (Å²) in [7, 11) is 0. The molecule has 1 aromatic carbocycles. The van der Waals surface area contributed by atoms with Gasteiger partial charge in [0.25, 0.3) is 0 Å². The van der Waals surface area contributed by atoms with Crippen molar-refractivity contribution in [2.24, 2.45) is 11.7 Å². The van der Waals surface area contributed by atoms with E-state index in [1.165, 1.54) is 37.9 Å². The Bertz CT molecular complexity index is 497. The Kier molecular flexibility index (Phi) is 4.56. The van der Waals surface area contributed by atoms with Crippen LogP contribution in [0.15, 0.2) is 24.3 Å². The van der Waals surface area contributed by atoms with Gasteiger partial charge in [-0.25, -0.2) is 0 Å². The first-order valence-electron chi connectivity index (χ1n) is 8.08. The van der Waals surface area contributed by atoms with E-state index in [0.717, 1.165) is 18.8 Å². The molecule has 2 aliphatic rings. The number of hydrogen-bond acceptors (Lipinski definition) is 3. The normalized spacial score (nSPS) is 23.8. The molecule has 0 radical (unpaired) electrons. The average molecular weight is 287 g/mol. The molecule has 0 bridgehead atoms. The van der Waals surface area contributed by atoms with Crippen LogP contribution in [-0.4, -0.2) is 37.0 Å². The maximum absolute atomic E-state index is 12.1. The Morgan fingerprint density at radius 1 is 1.19 bits per heavy atom. The molecule has 1 atom stereocenters. The second-order valence-corrected chi connectivity index (χ2v) is 6.32. The molecule has 2 fully saturated rings. The molecular weight excluding hydrogens is 262 g/mol. The Morgan fingerprint density at radius 3 is 2.71 bits per heavy atom. The van der Waals surface area contributed by atoms with Gasteiger partial charge in [-0.3, -0.25) is 9.69 Å². The number of carbonyl (C=O) groups is 1. The van der Waals surface area contributed by atoms with Crippen molar-refractivity contribution < 1.29 is 4.79 Å². The van der Waals surface area contributed by atoms with E-state index in [0.29, 0.717) is 18.9 Å². The largest absolute Gasteiger partial charge is 0.330 e. The van der Waals surface area contributed by atoms with E-state index in [1.807, 2.05) is 11.0 Å². The number of likely N-dealkylation sites (tertiary alicyclic amines) is 1. The van der Waals surface area contributed by atoms with E-state index in [9.17, 15) is 4.79 Å². The molecule has 1 amide bonds. The second kappa shape index (κ2) is 6.58. The summed E-state index contributed by atoms with van der Waals surface area (Å²) in [6.07, 6.45) is 4.57. The lowest BCUT2D eigenvalue weighted by atomic mass is 10.1. The molecule has 0 spiro atoms. The van der Waals surface area contributed by atoms with Crippen molar-refractivity contribution in [2.45, 2.75) is 32.2 Å². The van der Waals surface area contributed by atoms with Gasteiger partial charge in [-0.1, -0.05) is 18.6 Å². The molecule has 1 aromatic rings. The first-order chi connectivity index (χ1) is 10.3. The Balaban J connectivity index is 1.69. The smallest absolute Gasteiger partial charge is 0.227 e. The molecule has 2 N–H and O–H groups in total. The van der Waals surface area contributed by atoms with E-state index >= 15 is 0 Å². The number of amides is 1. The van der Waals surface area contributed by atoms with Gasteiger partial charge in [-0.15, -0.1) is 0 Å². The number of rotatable bonds is 4. The molecule has 21 heavy (non-hydrogen) atoms. The lowest BCUT2D eigenvalue weighted by molar-refractivity contribution is -0.117. The SMILES string of the molecule is NCC1CC(=O)N(c2cccc(CN3CCCCC3)c2)C1. The topological polar surface area (TPSA) is 49.6 Å². The zero-order chi connectivity index (χ0) is 14.7. The van der Waals surface area contributed by atoms with Gasteiger partial charge in [0.05, 0.1) is 0 Å². The maximum Gasteiger partial charge on any atom is 0.227 e. The minimum absolute atomic E-state index is 0.209. The summed E-state index contributed by atoms with van der Waals surface area (Å²) >= 11 is 0. The molecule has 0 aliphatic carbocycles. The highest BCUT2D eigenvalue weighted by Crippen LogP contribution is 2.26. The fourth-order valence-electron chi connectivity index (χ4n) is 3.39. The summed E-state index contributed by atoms with van der Waals surface area (Å²) in [4.78, 5) is 16.5. The monoisotopic (exact) mass is 287 g/mol. The van der Waals surface area contributed by atoms with E-state index in [2.05, 4.69) is 23.1 Å². The quantitative estimate of drug-likeness (QED) is 0.921. The third kappa shape index (κ3) is 3.44. The summed E-state index contributed by atoms with van der Waals surface area (Å²) in [5.41, 5.74) is 8.04. The van der Waals surface area contributed by atoms with Crippen LogP contribution in [0, 0.1) is 5.92 Å². The number of anilines is 1. The van der Waals surface area contributed by atoms with E-state index in [4.69, 9.17) is 5.73 Å². The molecule has 4 nitrogen and oxygen atoms in total. The van der Waals surface area contributed by atoms with Crippen molar-refractivity contribution >= 4 is 11.6 Å². The number of hydrogen-bond donors (Lipinski definition) is 1. The molecule has 2 aliphatic heterocycles. The Labute approximate surface area is 126 Å². The van der Waals surface area contributed by atoms with Crippen LogP contribution in [0.5, 0.6) is 0 Å². The third-order valence-electron chi connectivity index (χ3n) is 4.62. The summed E-state index contributed by atoms with van der Waals surface area (Å²) < 4.78 is 0. The van der Waals surface area contributed by atoms with E-state index in [-0.39, 0.29) is 5.91 Å². The summed E-state index contributed by atoms with van der Waals surface area (Å²) in [5.74, 6) is 0.517. The standard InChI is InChI=1S/C17H25N3O/c18-11-15-10-17(21)20(13-15)16-6-4-5-14(9-16)12-19-7-2-1-3-8-19/h4-6,9,15H,1-3,7-8,10-13,18H2. The van der Waals surface area contributed by atoms with Gasteiger partial charge in [-0.05, 0) is 56.1 Å². The minimum atomic E-state index is 0.209. The van der Waals surface area contributed by atoms with E-state index < -0.39 is 0 Å². The van der Waals surface area contributed by atoms with Crippen LogP contribution in [0.2, 0.25) is 0 Å². The first kappa shape index (κ1) is 14.5. The molecular formula is C17H25N3O. The molecule has 4 heteroatoms. The molecule has 0 aromatic heterocycles. The van der Waals surface area contributed by atoms with Crippen molar-refractivity contribution in [1.29, 1.82) is 0 Å². The highest BCUT2D eigenvalue weighted by atomic mass is 16.2. The second-order valence-electron chi connectivity index (χ2n) is 6.32. The number of benzene rings is 1. The first-order valence-corrected chi connectivity index (χ1v) is 8.08. The van der Waals surface area contributed by atoms with Gasteiger partial charge >= 0.3 is 0 Å². The molecule has 1 unspecified atom stereocenters. The van der Waals surface area contributed by atoms with Crippen LogP contribution in [-0.2, 0) is 11.3 Å². The molecule has 0 saturated carbocycles. The fraction of sp³-hybridized carbons (Fsp3) is 0.588. The fourth-order valence-corrected chi connectivity index (χ4v) is 3.39. The maximum atomic E-state index is 12.1. The van der Waals surface area contributed by atoms with Crippen molar-refractivity contribution in [1.82, 2.24) is 4.90 Å². The van der Waals surface area contributed by atoms with Crippen LogP contribution in [0.4, 0.5) is 5.69 Å². The average Bonchev–Trinajstić information content (AvgIpc) is 2.90. The van der Waals surface area contributed by atoms with Crippen molar-refractivity contribution in [2.75, 3.05) is 31.1 Å². The van der Waals surface area contributed by atoms with Gasteiger partial charge in [0.1, 0.15) is 0 Å². The van der Waals surface area contributed by atoms with Gasteiger partial charge in [0, 0.05) is 25.2 Å².